The van der Waals surface area contributed by atoms with Crippen molar-refractivity contribution in [2.45, 2.75) is 6.04 Å². The van der Waals surface area contributed by atoms with Gasteiger partial charge in [0.25, 0.3) is 0 Å². The molecule has 0 saturated carbocycles. The van der Waals surface area contributed by atoms with Crippen molar-refractivity contribution in [2.24, 2.45) is 0 Å². The summed E-state index contributed by atoms with van der Waals surface area (Å²) in [6.45, 7) is 0.538. The van der Waals surface area contributed by atoms with Crippen LogP contribution in [-0.4, -0.2) is 11.6 Å². The molecule has 0 radical (unpaired) electrons. The Kier molecular flexibility index (Phi) is 2.58. The Morgan fingerprint density at radius 1 is 1.33 bits per heavy atom. The predicted molar refractivity (Wildman–Crippen MR) is 67.3 cm³/mol. The first-order valence-electron chi connectivity index (χ1n) is 5.71. The fourth-order valence-corrected chi connectivity index (χ4v) is 1.98. The minimum Gasteiger partial charge on any atom is -0.489 e. The highest BCUT2D eigenvalue weighted by molar-refractivity contribution is 5.62. The van der Waals surface area contributed by atoms with E-state index in [0.29, 0.717) is 12.2 Å². The van der Waals surface area contributed by atoms with Crippen molar-refractivity contribution in [3.05, 3.63) is 53.9 Å². The van der Waals surface area contributed by atoms with Crippen molar-refractivity contribution in [1.82, 2.24) is 4.98 Å². The molecule has 1 aromatic carbocycles. The molecular weight excluding hydrogens is 226 g/mol. The first-order valence-corrected chi connectivity index (χ1v) is 5.71. The zero-order valence-electron chi connectivity index (χ0n) is 9.63. The number of nitriles is 1. The maximum Gasteiger partial charge on any atom is 0.142 e. The number of fused-ring (bicyclic) bond motifs is 1. The number of benzene rings is 1. The smallest absolute Gasteiger partial charge is 0.142 e. The third-order valence-electron chi connectivity index (χ3n) is 2.89. The maximum absolute atomic E-state index is 8.89. The fourth-order valence-electron chi connectivity index (χ4n) is 1.98. The van der Waals surface area contributed by atoms with Crippen LogP contribution in [0.4, 0.5) is 5.69 Å². The molecule has 88 valence electrons. The van der Waals surface area contributed by atoms with Crippen LogP contribution in [0.1, 0.15) is 17.3 Å². The molecule has 0 amide bonds. The fraction of sp³-hybridized carbons (Fsp3) is 0.143. The first kappa shape index (κ1) is 10.6. The maximum atomic E-state index is 8.89. The van der Waals surface area contributed by atoms with Gasteiger partial charge in [-0.1, -0.05) is 6.07 Å². The molecule has 1 aliphatic heterocycles. The largest absolute Gasteiger partial charge is 0.489 e. The highest BCUT2D eigenvalue weighted by atomic mass is 16.5. The monoisotopic (exact) mass is 237 g/mol. The van der Waals surface area contributed by atoms with Crippen molar-refractivity contribution < 1.29 is 4.74 Å². The van der Waals surface area contributed by atoms with Crippen LogP contribution in [0.3, 0.4) is 0 Å². The lowest BCUT2D eigenvalue weighted by Crippen LogP contribution is -2.24. The summed E-state index contributed by atoms with van der Waals surface area (Å²) in [4.78, 5) is 4.31. The van der Waals surface area contributed by atoms with Crippen molar-refractivity contribution >= 4 is 5.69 Å². The molecule has 0 aliphatic carbocycles. The highest BCUT2D eigenvalue weighted by Crippen LogP contribution is 2.33. The van der Waals surface area contributed by atoms with Gasteiger partial charge in [-0.3, -0.25) is 4.98 Å². The molecule has 2 aromatic rings. The number of ether oxygens (including phenoxy) is 1. The first-order chi connectivity index (χ1) is 8.86. The number of pyridine rings is 1. The van der Waals surface area contributed by atoms with Crippen LogP contribution in [0.15, 0.2) is 42.6 Å². The average Bonchev–Trinajstić information content (AvgIpc) is 2.47. The van der Waals surface area contributed by atoms with E-state index < -0.39 is 0 Å². The summed E-state index contributed by atoms with van der Waals surface area (Å²) in [6, 6.07) is 13.3. The number of nitrogens with zero attached hydrogens (tertiary/aromatic N) is 2. The van der Waals surface area contributed by atoms with E-state index in [1.54, 1.807) is 18.3 Å². The lowest BCUT2D eigenvalue weighted by Gasteiger charge is -2.27. The highest BCUT2D eigenvalue weighted by Gasteiger charge is 2.21. The zero-order chi connectivity index (χ0) is 12.4. The van der Waals surface area contributed by atoms with E-state index in [1.807, 2.05) is 24.3 Å². The number of nitrogens with one attached hydrogen (secondary N) is 1. The van der Waals surface area contributed by atoms with Gasteiger partial charge >= 0.3 is 0 Å². The minimum absolute atomic E-state index is 0.0210. The van der Waals surface area contributed by atoms with Crippen LogP contribution in [-0.2, 0) is 0 Å². The predicted octanol–water partition coefficient (Wildman–Crippen LogP) is 2.50. The van der Waals surface area contributed by atoms with Gasteiger partial charge in [0, 0.05) is 6.20 Å². The van der Waals surface area contributed by atoms with Gasteiger partial charge in [-0.15, -0.1) is 0 Å². The Morgan fingerprint density at radius 2 is 2.28 bits per heavy atom. The van der Waals surface area contributed by atoms with Crippen LogP contribution >= 0.6 is 0 Å². The molecule has 18 heavy (non-hydrogen) atoms. The third-order valence-corrected chi connectivity index (χ3v) is 2.89. The summed E-state index contributed by atoms with van der Waals surface area (Å²) in [5.74, 6) is 0.779. The van der Waals surface area contributed by atoms with E-state index >= 15 is 0 Å². The molecule has 2 heterocycles. The van der Waals surface area contributed by atoms with Gasteiger partial charge in [-0.25, -0.2) is 0 Å². The van der Waals surface area contributed by atoms with Crippen LogP contribution in [0.2, 0.25) is 0 Å². The summed E-state index contributed by atoms with van der Waals surface area (Å²) < 4.78 is 5.68. The molecule has 0 bridgehead atoms. The van der Waals surface area contributed by atoms with Crippen molar-refractivity contribution in [1.29, 1.82) is 5.26 Å². The lowest BCUT2D eigenvalue weighted by molar-refractivity contribution is 0.284. The molecule has 1 aliphatic rings. The zero-order valence-corrected chi connectivity index (χ0v) is 9.63. The molecule has 1 unspecified atom stereocenters. The van der Waals surface area contributed by atoms with E-state index in [0.717, 1.165) is 17.1 Å². The summed E-state index contributed by atoms with van der Waals surface area (Å²) in [5, 5.41) is 12.2. The summed E-state index contributed by atoms with van der Waals surface area (Å²) >= 11 is 0. The van der Waals surface area contributed by atoms with E-state index in [4.69, 9.17) is 10.00 Å². The number of rotatable bonds is 1. The molecule has 0 saturated heterocycles. The van der Waals surface area contributed by atoms with E-state index in [1.165, 1.54) is 0 Å². The number of hydrogen-bond donors (Lipinski definition) is 1. The van der Waals surface area contributed by atoms with Crippen LogP contribution in [0, 0.1) is 11.3 Å². The Hall–Kier alpha value is -2.54. The quantitative estimate of drug-likeness (QED) is 0.827. The summed E-state index contributed by atoms with van der Waals surface area (Å²) in [5.41, 5.74) is 2.40. The Morgan fingerprint density at radius 3 is 3.06 bits per heavy atom. The lowest BCUT2D eigenvalue weighted by atomic mass is 10.1. The second kappa shape index (κ2) is 4.38. The molecule has 1 aromatic heterocycles. The van der Waals surface area contributed by atoms with Gasteiger partial charge in [0.1, 0.15) is 18.4 Å². The summed E-state index contributed by atoms with van der Waals surface area (Å²) in [7, 11) is 0. The molecule has 1 N–H and O–H groups in total. The molecule has 0 spiro atoms. The van der Waals surface area contributed by atoms with Gasteiger partial charge < -0.3 is 10.1 Å². The Labute approximate surface area is 105 Å². The normalized spacial score (nSPS) is 16.9. The van der Waals surface area contributed by atoms with Crippen LogP contribution < -0.4 is 10.1 Å². The topological polar surface area (TPSA) is 57.9 Å². The van der Waals surface area contributed by atoms with Gasteiger partial charge in [-0.05, 0) is 30.3 Å². The molecule has 4 nitrogen and oxygen atoms in total. The van der Waals surface area contributed by atoms with Gasteiger partial charge in [0.05, 0.1) is 23.0 Å². The second-order valence-electron chi connectivity index (χ2n) is 4.09. The third kappa shape index (κ3) is 1.87. The summed E-state index contributed by atoms with van der Waals surface area (Å²) in [6.07, 6.45) is 1.76. The van der Waals surface area contributed by atoms with Crippen molar-refractivity contribution in [2.75, 3.05) is 11.9 Å². The van der Waals surface area contributed by atoms with Crippen molar-refractivity contribution in [3.8, 4) is 11.8 Å². The Bertz CT molecular complexity index is 604. The van der Waals surface area contributed by atoms with E-state index in [9.17, 15) is 0 Å². The Balaban J connectivity index is 1.91. The minimum atomic E-state index is 0.0210. The number of hydrogen-bond acceptors (Lipinski definition) is 4. The van der Waals surface area contributed by atoms with Gasteiger partial charge in [0.15, 0.2) is 0 Å². The van der Waals surface area contributed by atoms with Gasteiger partial charge in [0.2, 0.25) is 0 Å². The molecule has 1 atom stereocenters. The standard InChI is InChI=1S/C14H11N3O/c15-8-10-4-5-14-12(7-10)17-13(9-18-14)11-3-1-2-6-16-11/h1-7,13,17H,9H2. The molecule has 3 rings (SSSR count). The molecular formula is C14H11N3O. The van der Waals surface area contributed by atoms with Crippen molar-refractivity contribution in [3.63, 3.8) is 0 Å². The second-order valence-corrected chi connectivity index (χ2v) is 4.09. The van der Waals surface area contributed by atoms with Gasteiger partial charge in [-0.2, -0.15) is 5.26 Å². The van der Waals surface area contributed by atoms with Crippen LogP contribution in [0.5, 0.6) is 5.75 Å². The van der Waals surface area contributed by atoms with E-state index in [2.05, 4.69) is 16.4 Å². The average molecular weight is 237 g/mol. The number of anilines is 1. The van der Waals surface area contributed by atoms with E-state index in [-0.39, 0.29) is 6.04 Å². The van der Waals surface area contributed by atoms with Crippen LogP contribution in [0.25, 0.3) is 0 Å². The number of aromatic nitrogens is 1. The molecule has 0 fully saturated rings. The SMILES string of the molecule is N#Cc1ccc2c(c1)NC(c1ccccn1)CO2. The molecule has 4 heteroatoms.